The van der Waals surface area contributed by atoms with Crippen LogP contribution in [0.4, 0.5) is 0 Å². The Morgan fingerprint density at radius 1 is 1.16 bits per heavy atom. The molecule has 25 heavy (non-hydrogen) atoms. The van der Waals surface area contributed by atoms with Crippen LogP contribution in [0.25, 0.3) is 0 Å². The molecule has 0 aliphatic heterocycles. The van der Waals surface area contributed by atoms with Gasteiger partial charge >= 0.3 is 5.97 Å². The molecule has 3 aromatic rings. The fourth-order valence-electron chi connectivity index (χ4n) is 2.40. The summed E-state index contributed by atoms with van der Waals surface area (Å²) in [4.78, 5) is 17.5. The maximum atomic E-state index is 11.8. The number of aryl methyl sites for hydroxylation is 1. The van der Waals surface area contributed by atoms with Gasteiger partial charge in [0.2, 0.25) is 0 Å². The second-order valence-corrected chi connectivity index (χ2v) is 7.63. The Morgan fingerprint density at radius 2 is 1.92 bits per heavy atom. The average Bonchev–Trinajstić information content (AvgIpc) is 3.09. The zero-order chi connectivity index (χ0) is 17.6. The Kier molecular flexibility index (Phi) is 5.89. The monoisotopic (exact) mass is 369 g/mol. The highest BCUT2D eigenvalue weighted by Crippen LogP contribution is 2.27. The van der Waals surface area contributed by atoms with E-state index in [-0.39, 0.29) is 5.97 Å². The van der Waals surface area contributed by atoms with Crippen molar-refractivity contribution < 1.29 is 9.53 Å². The number of carbonyl (C=O) groups excluding carboxylic acids is 1. The van der Waals surface area contributed by atoms with E-state index in [0.29, 0.717) is 5.56 Å². The second-order valence-electron chi connectivity index (χ2n) is 5.67. The van der Waals surface area contributed by atoms with Crippen LogP contribution in [0.3, 0.4) is 0 Å². The molecule has 2 aromatic carbocycles. The highest BCUT2D eigenvalue weighted by molar-refractivity contribution is 7.98. The number of esters is 1. The summed E-state index contributed by atoms with van der Waals surface area (Å²) in [7, 11) is 1.40. The number of methoxy groups -OCH3 is 1. The van der Waals surface area contributed by atoms with E-state index in [1.807, 2.05) is 18.2 Å². The molecule has 1 heterocycles. The first-order chi connectivity index (χ1) is 12.2. The lowest BCUT2D eigenvalue weighted by Crippen LogP contribution is -2.02. The summed E-state index contributed by atoms with van der Waals surface area (Å²) in [6.45, 7) is 2.09. The van der Waals surface area contributed by atoms with Gasteiger partial charge in [-0.15, -0.1) is 23.1 Å². The molecular formula is C20H19NO2S2. The van der Waals surface area contributed by atoms with E-state index in [1.165, 1.54) is 18.2 Å². The fraction of sp³-hybridized carbons (Fsp3) is 0.200. The first-order valence-electron chi connectivity index (χ1n) is 7.94. The van der Waals surface area contributed by atoms with Crippen LogP contribution in [-0.2, 0) is 16.9 Å². The van der Waals surface area contributed by atoms with Crippen LogP contribution in [0.2, 0.25) is 0 Å². The molecule has 0 radical (unpaired) electrons. The molecule has 3 rings (SSSR count). The largest absolute Gasteiger partial charge is 0.465 e. The zero-order valence-electron chi connectivity index (χ0n) is 14.2. The minimum atomic E-state index is -0.304. The number of ether oxygens (including phenoxy) is 1. The van der Waals surface area contributed by atoms with E-state index in [1.54, 1.807) is 29.2 Å². The smallest absolute Gasteiger partial charge is 0.338 e. The lowest BCUT2D eigenvalue weighted by molar-refractivity contribution is 0.0597. The summed E-state index contributed by atoms with van der Waals surface area (Å²) in [6.07, 6.45) is 0.856. The van der Waals surface area contributed by atoms with Gasteiger partial charge < -0.3 is 4.74 Å². The quantitative estimate of drug-likeness (QED) is 0.446. The number of thiazole rings is 1. The first kappa shape index (κ1) is 17.7. The fourth-order valence-corrected chi connectivity index (χ4v) is 4.27. The number of nitrogens with zero attached hydrogens (tertiary/aromatic N) is 1. The second kappa shape index (κ2) is 8.32. The summed E-state index contributed by atoms with van der Waals surface area (Å²) in [6, 6.07) is 16.1. The lowest BCUT2D eigenvalue weighted by atomic mass is 10.1. The van der Waals surface area contributed by atoms with Crippen LogP contribution < -0.4 is 0 Å². The molecule has 0 saturated carbocycles. The Morgan fingerprint density at radius 3 is 2.68 bits per heavy atom. The predicted octanol–water partition coefficient (Wildman–Crippen LogP) is 5.12. The molecule has 0 atom stereocenters. The predicted molar refractivity (Wildman–Crippen MR) is 103 cm³/mol. The molecule has 0 spiro atoms. The number of hydrogen-bond acceptors (Lipinski definition) is 5. The molecule has 0 fully saturated rings. The Hall–Kier alpha value is -2.11. The number of aromatic nitrogens is 1. The van der Waals surface area contributed by atoms with Crippen molar-refractivity contribution in [2.24, 2.45) is 0 Å². The van der Waals surface area contributed by atoms with Crippen molar-refractivity contribution in [3.05, 3.63) is 81.3 Å². The third-order valence-electron chi connectivity index (χ3n) is 3.74. The van der Waals surface area contributed by atoms with Crippen LogP contribution in [0, 0.1) is 6.92 Å². The molecule has 0 bridgehead atoms. The highest BCUT2D eigenvalue weighted by atomic mass is 32.2. The molecule has 0 amide bonds. The molecule has 128 valence electrons. The van der Waals surface area contributed by atoms with Crippen LogP contribution >= 0.6 is 23.1 Å². The summed E-state index contributed by atoms with van der Waals surface area (Å²) in [5.74, 6) is 0.430. The van der Waals surface area contributed by atoms with Gasteiger partial charge in [0.15, 0.2) is 0 Å². The summed E-state index contributed by atoms with van der Waals surface area (Å²) >= 11 is 3.29. The number of carbonyl (C=O) groups is 1. The van der Waals surface area contributed by atoms with E-state index in [2.05, 4.69) is 36.6 Å². The molecule has 0 aliphatic rings. The van der Waals surface area contributed by atoms with Gasteiger partial charge in [-0.05, 0) is 24.6 Å². The number of thioether (sulfide) groups is 1. The van der Waals surface area contributed by atoms with Gasteiger partial charge in [-0.3, -0.25) is 0 Å². The van der Waals surface area contributed by atoms with E-state index in [4.69, 9.17) is 9.72 Å². The van der Waals surface area contributed by atoms with Gasteiger partial charge in [0.25, 0.3) is 0 Å². The van der Waals surface area contributed by atoms with Crippen molar-refractivity contribution in [2.75, 3.05) is 7.11 Å². The highest BCUT2D eigenvalue weighted by Gasteiger charge is 2.12. The summed E-state index contributed by atoms with van der Waals surface area (Å²) in [5, 5.41) is 3.21. The van der Waals surface area contributed by atoms with Crippen LogP contribution in [0.1, 0.15) is 32.2 Å². The molecule has 1 aromatic heterocycles. The van der Waals surface area contributed by atoms with Crippen molar-refractivity contribution in [3.8, 4) is 0 Å². The number of hydrogen-bond donors (Lipinski definition) is 0. The maximum absolute atomic E-state index is 11.8. The van der Waals surface area contributed by atoms with Crippen LogP contribution in [-0.4, -0.2) is 18.1 Å². The summed E-state index contributed by atoms with van der Waals surface area (Å²) in [5.41, 5.74) is 4.18. The number of benzene rings is 2. The topological polar surface area (TPSA) is 39.2 Å². The SMILES string of the molecule is COC(=O)c1ccccc1SCc1csc(Cc2ccc(C)cc2)n1. The Labute approximate surface area is 156 Å². The van der Waals surface area contributed by atoms with Crippen molar-refractivity contribution in [3.63, 3.8) is 0 Å². The van der Waals surface area contributed by atoms with Crippen LogP contribution in [0.15, 0.2) is 58.8 Å². The van der Waals surface area contributed by atoms with Gasteiger partial charge in [0, 0.05) is 22.4 Å². The first-order valence-corrected chi connectivity index (χ1v) is 9.81. The normalized spacial score (nSPS) is 10.6. The molecular weight excluding hydrogens is 350 g/mol. The minimum absolute atomic E-state index is 0.304. The molecule has 0 aliphatic carbocycles. The zero-order valence-corrected chi connectivity index (χ0v) is 15.8. The van der Waals surface area contributed by atoms with Crippen molar-refractivity contribution in [1.29, 1.82) is 0 Å². The van der Waals surface area contributed by atoms with Gasteiger partial charge in [-0.25, -0.2) is 9.78 Å². The molecule has 3 nitrogen and oxygen atoms in total. The van der Waals surface area contributed by atoms with E-state index in [9.17, 15) is 4.79 Å². The molecule has 0 unspecified atom stereocenters. The standard InChI is InChI=1S/C20H19NO2S2/c1-14-7-9-15(10-8-14)11-19-21-16(13-25-19)12-24-18-6-4-3-5-17(18)20(22)23-2/h3-10,13H,11-12H2,1-2H3. The van der Waals surface area contributed by atoms with Crippen molar-refractivity contribution in [1.82, 2.24) is 4.98 Å². The lowest BCUT2D eigenvalue weighted by Gasteiger charge is -2.06. The third kappa shape index (κ3) is 4.71. The van der Waals surface area contributed by atoms with Crippen LogP contribution in [0.5, 0.6) is 0 Å². The van der Waals surface area contributed by atoms with Crippen molar-refractivity contribution >= 4 is 29.1 Å². The van der Waals surface area contributed by atoms with E-state index < -0.39 is 0 Å². The average molecular weight is 370 g/mol. The molecule has 0 N–H and O–H groups in total. The van der Waals surface area contributed by atoms with Crippen molar-refractivity contribution in [2.45, 2.75) is 24.0 Å². The number of rotatable bonds is 6. The minimum Gasteiger partial charge on any atom is -0.465 e. The van der Waals surface area contributed by atoms with Gasteiger partial charge in [0.05, 0.1) is 23.4 Å². The maximum Gasteiger partial charge on any atom is 0.338 e. The Bertz CT molecular complexity index is 856. The van der Waals surface area contributed by atoms with Gasteiger partial charge in [-0.2, -0.15) is 0 Å². The third-order valence-corrected chi connectivity index (χ3v) is 5.75. The molecule has 5 heteroatoms. The van der Waals surface area contributed by atoms with E-state index >= 15 is 0 Å². The van der Waals surface area contributed by atoms with E-state index in [0.717, 1.165) is 27.8 Å². The van der Waals surface area contributed by atoms with Gasteiger partial charge in [-0.1, -0.05) is 42.0 Å². The summed E-state index contributed by atoms with van der Waals surface area (Å²) < 4.78 is 4.84. The Balaban J connectivity index is 1.64. The molecule has 0 saturated heterocycles. The van der Waals surface area contributed by atoms with Gasteiger partial charge in [0.1, 0.15) is 0 Å².